The largest absolute Gasteiger partial charge is 0.495 e. The molecular weight excluding hydrogens is 422 g/mol. The summed E-state index contributed by atoms with van der Waals surface area (Å²) in [4.78, 5) is 16.7. The number of fused-ring (bicyclic) bond motifs is 1. The van der Waals surface area contributed by atoms with Crippen molar-refractivity contribution in [1.29, 1.82) is 10.5 Å². The summed E-state index contributed by atoms with van der Waals surface area (Å²) in [6.45, 7) is 1.92. The number of para-hydroxylation sites is 1. The first kappa shape index (κ1) is 19.4. The number of nitriles is 2. The fourth-order valence-electron chi connectivity index (χ4n) is 3.16. The number of benzene rings is 1. The van der Waals surface area contributed by atoms with Gasteiger partial charge in [0.15, 0.2) is 0 Å². The van der Waals surface area contributed by atoms with E-state index in [9.17, 15) is 15.3 Å². The Bertz CT molecular complexity index is 1220. The number of halogens is 1. The van der Waals surface area contributed by atoms with Crippen molar-refractivity contribution in [3.05, 3.63) is 62.0 Å². The monoisotopic (exact) mass is 437 g/mol. The third-order valence-electron chi connectivity index (χ3n) is 4.51. The molecule has 0 aliphatic heterocycles. The van der Waals surface area contributed by atoms with Gasteiger partial charge in [-0.2, -0.15) is 10.5 Å². The quantitative estimate of drug-likeness (QED) is 0.668. The molecular formula is C20H16BrN5O2. The van der Waals surface area contributed by atoms with Crippen LogP contribution in [0.5, 0.6) is 5.75 Å². The number of rotatable bonds is 4. The molecule has 0 bridgehead atoms. The minimum Gasteiger partial charge on any atom is -0.495 e. The molecule has 1 atom stereocenters. The molecule has 0 amide bonds. The number of ether oxygens (including phenoxy) is 1. The first-order chi connectivity index (χ1) is 13.4. The number of aryl methyl sites for hydroxylation is 1. The molecule has 0 saturated carbocycles. The second-order valence-electron chi connectivity index (χ2n) is 6.16. The lowest BCUT2D eigenvalue weighted by atomic mass is 10.0. The summed E-state index contributed by atoms with van der Waals surface area (Å²) < 4.78 is 7.22. The SMILES string of the molecule is COc1c(C#N)cccc1[C@@H](C)Nc1ncc(C#N)c2c1cc(Br)c(=O)n2C. The summed E-state index contributed by atoms with van der Waals surface area (Å²) in [6, 6.07) is 11.0. The van der Waals surface area contributed by atoms with Gasteiger partial charge in [0.1, 0.15) is 23.7 Å². The van der Waals surface area contributed by atoms with Crippen LogP contribution in [0, 0.1) is 22.7 Å². The van der Waals surface area contributed by atoms with Gasteiger partial charge in [0.05, 0.1) is 34.3 Å². The molecule has 8 heteroatoms. The van der Waals surface area contributed by atoms with E-state index in [-0.39, 0.29) is 11.6 Å². The summed E-state index contributed by atoms with van der Waals surface area (Å²) in [5.74, 6) is 1.01. The fraction of sp³-hybridized carbons (Fsp3) is 0.200. The second-order valence-corrected chi connectivity index (χ2v) is 7.01. The lowest BCUT2D eigenvalue weighted by Gasteiger charge is -2.20. The van der Waals surface area contributed by atoms with Crippen molar-refractivity contribution in [2.75, 3.05) is 12.4 Å². The van der Waals surface area contributed by atoms with Gasteiger partial charge >= 0.3 is 0 Å². The molecule has 7 nitrogen and oxygen atoms in total. The Kier molecular flexibility index (Phi) is 5.34. The predicted molar refractivity (Wildman–Crippen MR) is 109 cm³/mol. The highest BCUT2D eigenvalue weighted by molar-refractivity contribution is 9.10. The highest BCUT2D eigenvalue weighted by Gasteiger charge is 2.18. The molecule has 0 aliphatic carbocycles. The van der Waals surface area contributed by atoms with Crippen LogP contribution < -0.4 is 15.6 Å². The maximum atomic E-state index is 12.3. The zero-order chi connectivity index (χ0) is 20.4. The van der Waals surface area contributed by atoms with Crippen molar-refractivity contribution in [1.82, 2.24) is 9.55 Å². The average Bonchev–Trinajstić information content (AvgIpc) is 2.71. The van der Waals surface area contributed by atoms with Gasteiger partial charge in [-0.3, -0.25) is 4.79 Å². The number of nitrogens with one attached hydrogen (secondary N) is 1. The number of pyridine rings is 2. The van der Waals surface area contributed by atoms with Crippen LogP contribution in [0.4, 0.5) is 5.82 Å². The van der Waals surface area contributed by atoms with Gasteiger partial charge in [-0.15, -0.1) is 0 Å². The van der Waals surface area contributed by atoms with Crippen LogP contribution >= 0.6 is 15.9 Å². The van der Waals surface area contributed by atoms with Gasteiger partial charge in [-0.1, -0.05) is 12.1 Å². The number of hydrogen-bond donors (Lipinski definition) is 1. The third-order valence-corrected chi connectivity index (χ3v) is 5.08. The van der Waals surface area contributed by atoms with E-state index in [4.69, 9.17) is 4.74 Å². The molecule has 0 aliphatic rings. The Balaban J connectivity index is 2.16. The molecule has 1 aromatic carbocycles. The molecule has 28 heavy (non-hydrogen) atoms. The normalized spacial score (nSPS) is 11.5. The topological polar surface area (TPSA) is 104 Å². The highest BCUT2D eigenvalue weighted by atomic mass is 79.9. The fourth-order valence-corrected chi connectivity index (χ4v) is 3.65. The molecule has 3 rings (SSSR count). The van der Waals surface area contributed by atoms with Crippen molar-refractivity contribution in [3.8, 4) is 17.9 Å². The molecule has 0 radical (unpaired) electrons. The van der Waals surface area contributed by atoms with E-state index in [0.717, 1.165) is 5.56 Å². The van der Waals surface area contributed by atoms with E-state index in [1.54, 1.807) is 25.2 Å². The van der Waals surface area contributed by atoms with Crippen LogP contribution in [-0.4, -0.2) is 16.7 Å². The lowest BCUT2D eigenvalue weighted by molar-refractivity contribution is 0.406. The summed E-state index contributed by atoms with van der Waals surface area (Å²) in [7, 11) is 3.14. The molecule has 3 aromatic rings. The van der Waals surface area contributed by atoms with E-state index < -0.39 is 0 Å². The first-order valence-corrected chi connectivity index (χ1v) is 9.14. The van der Waals surface area contributed by atoms with E-state index in [1.165, 1.54) is 17.9 Å². The molecule has 0 saturated heterocycles. The average molecular weight is 438 g/mol. The van der Waals surface area contributed by atoms with Crippen molar-refractivity contribution in [2.24, 2.45) is 7.05 Å². The van der Waals surface area contributed by atoms with Gasteiger partial charge in [0, 0.05) is 24.2 Å². The smallest absolute Gasteiger partial charge is 0.265 e. The van der Waals surface area contributed by atoms with Crippen LogP contribution in [0.3, 0.4) is 0 Å². The van der Waals surface area contributed by atoms with Crippen molar-refractivity contribution in [2.45, 2.75) is 13.0 Å². The van der Waals surface area contributed by atoms with Gasteiger partial charge < -0.3 is 14.6 Å². The summed E-state index contributed by atoms with van der Waals surface area (Å²) in [5.41, 5.74) is 1.81. The van der Waals surface area contributed by atoms with Crippen LogP contribution in [-0.2, 0) is 7.05 Å². The Morgan fingerprint density at radius 2 is 2.00 bits per heavy atom. The van der Waals surface area contributed by atoms with Gasteiger partial charge in [0.25, 0.3) is 5.56 Å². The van der Waals surface area contributed by atoms with E-state index in [0.29, 0.717) is 38.1 Å². The van der Waals surface area contributed by atoms with Gasteiger partial charge in [-0.05, 0) is 35.0 Å². The maximum absolute atomic E-state index is 12.3. The maximum Gasteiger partial charge on any atom is 0.265 e. The van der Waals surface area contributed by atoms with Crippen LogP contribution in [0.1, 0.15) is 29.7 Å². The first-order valence-electron chi connectivity index (χ1n) is 8.34. The number of anilines is 1. The standard InChI is InChI=1S/C20H16BrN5O2/c1-11(14-6-4-5-12(8-22)18(14)28-3)25-19-15-7-16(21)20(27)26(2)17(15)13(9-23)10-24-19/h4-7,10-11H,1-3H3,(H,24,25)/t11-/m1/s1. The Hall–Kier alpha value is -3.36. The Labute approximate surface area is 169 Å². The molecule has 0 spiro atoms. The van der Waals surface area contributed by atoms with Crippen LogP contribution in [0.2, 0.25) is 0 Å². The van der Waals surface area contributed by atoms with Crippen LogP contribution in [0.15, 0.2) is 39.7 Å². The van der Waals surface area contributed by atoms with Crippen molar-refractivity contribution in [3.63, 3.8) is 0 Å². The zero-order valence-corrected chi connectivity index (χ0v) is 17.0. The molecule has 0 fully saturated rings. The highest BCUT2D eigenvalue weighted by Crippen LogP contribution is 2.32. The number of aromatic nitrogens is 2. The lowest BCUT2D eigenvalue weighted by Crippen LogP contribution is -2.19. The van der Waals surface area contributed by atoms with E-state index in [1.807, 2.05) is 13.0 Å². The summed E-state index contributed by atoms with van der Waals surface area (Å²) >= 11 is 3.27. The molecule has 1 N–H and O–H groups in total. The minimum absolute atomic E-state index is 0.238. The van der Waals surface area contributed by atoms with E-state index >= 15 is 0 Å². The second kappa shape index (κ2) is 7.71. The summed E-state index contributed by atoms with van der Waals surface area (Å²) in [6.07, 6.45) is 1.44. The van der Waals surface area contributed by atoms with Crippen molar-refractivity contribution < 1.29 is 4.74 Å². The predicted octanol–water partition coefficient (Wildman–Crippen LogP) is 3.62. The number of hydrogen-bond acceptors (Lipinski definition) is 6. The van der Waals surface area contributed by atoms with Gasteiger partial charge in [-0.25, -0.2) is 4.98 Å². The summed E-state index contributed by atoms with van der Waals surface area (Å²) in [5, 5.41) is 22.7. The molecule has 0 unspecified atom stereocenters. The zero-order valence-electron chi connectivity index (χ0n) is 15.4. The molecule has 140 valence electrons. The minimum atomic E-state index is -0.247. The Morgan fingerprint density at radius 1 is 1.29 bits per heavy atom. The van der Waals surface area contributed by atoms with E-state index in [2.05, 4.69) is 38.4 Å². The number of methoxy groups -OCH3 is 1. The number of nitrogens with zero attached hydrogens (tertiary/aromatic N) is 4. The van der Waals surface area contributed by atoms with Gasteiger partial charge in [0.2, 0.25) is 0 Å². The molecule has 2 aromatic heterocycles. The van der Waals surface area contributed by atoms with Crippen LogP contribution in [0.25, 0.3) is 10.9 Å². The Morgan fingerprint density at radius 3 is 2.64 bits per heavy atom. The van der Waals surface area contributed by atoms with Crippen molar-refractivity contribution >= 4 is 32.7 Å². The molecule has 2 heterocycles. The third kappa shape index (κ3) is 3.19.